The number of rotatable bonds is 5. The van der Waals surface area contributed by atoms with Gasteiger partial charge in [-0.3, -0.25) is 4.79 Å². The van der Waals surface area contributed by atoms with Crippen molar-refractivity contribution in [2.24, 2.45) is 5.92 Å². The van der Waals surface area contributed by atoms with Crippen LogP contribution in [0.5, 0.6) is 0 Å². The van der Waals surface area contributed by atoms with E-state index < -0.39 is 20.0 Å². The summed E-state index contributed by atoms with van der Waals surface area (Å²) in [6.45, 7) is 11.2. The highest BCUT2D eigenvalue weighted by Gasteiger charge is 2.37. The molecule has 0 aliphatic carbocycles. The SMILES string of the molecule is CCS(=O)(=O)N1CCN(C(=O)C2CCN(S(=O)(=O)c3c(C)c(C)cc(C)c3C)CC2)CC1. The molecule has 0 radical (unpaired) electrons. The largest absolute Gasteiger partial charge is 0.340 e. The van der Waals surface area contributed by atoms with Crippen LogP contribution in [0.1, 0.15) is 42.0 Å². The summed E-state index contributed by atoms with van der Waals surface area (Å²) in [6.07, 6.45) is 0.961. The summed E-state index contributed by atoms with van der Waals surface area (Å²) in [7, 11) is -6.87. The van der Waals surface area contributed by atoms with E-state index in [1.54, 1.807) is 11.8 Å². The van der Waals surface area contributed by atoms with Gasteiger partial charge in [0.15, 0.2) is 0 Å². The molecule has 10 heteroatoms. The summed E-state index contributed by atoms with van der Waals surface area (Å²) >= 11 is 0. The standard InChI is InChI=1S/C22H35N3O5S2/c1-6-31(27,28)24-13-11-23(12-14-24)22(26)20-7-9-25(10-8-20)32(29,30)21-18(4)16(2)15-17(3)19(21)5/h15,20H,6-14H2,1-5H3. The number of benzene rings is 1. The smallest absolute Gasteiger partial charge is 0.243 e. The number of carbonyl (C=O) groups excluding carboxylic acids is 1. The van der Waals surface area contributed by atoms with E-state index >= 15 is 0 Å². The van der Waals surface area contributed by atoms with Gasteiger partial charge >= 0.3 is 0 Å². The summed E-state index contributed by atoms with van der Waals surface area (Å²) in [5.74, 6) is -0.153. The van der Waals surface area contributed by atoms with Gasteiger partial charge in [-0.25, -0.2) is 16.8 Å². The zero-order valence-electron chi connectivity index (χ0n) is 19.7. The van der Waals surface area contributed by atoms with Gasteiger partial charge < -0.3 is 4.90 Å². The van der Waals surface area contributed by atoms with Gasteiger partial charge in [-0.1, -0.05) is 6.07 Å². The number of aryl methyl sites for hydroxylation is 2. The summed E-state index contributed by atoms with van der Waals surface area (Å²) in [5, 5.41) is 0. The minimum absolute atomic E-state index is 0.00866. The topological polar surface area (TPSA) is 95.1 Å². The Balaban J connectivity index is 1.65. The van der Waals surface area contributed by atoms with Crippen molar-refractivity contribution in [3.8, 4) is 0 Å². The first-order valence-electron chi connectivity index (χ1n) is 11.2. The molecule has 0 bridgehead atoms. The molecule has 0 spiro atoms. The Morgan fingerprint density at radius 1 is 0.844 bits per heavy atom. The van der Waals surface area contributed by atoms with Crippen LogP contribution in [0.3, 0.4) is 0 Å². The fraction of sp³-hybridized carbons (Fsp3) is 0.682. The predicted octanol–water partition coefficient (Wildman–Crippen LogP) is 1.81. The third-order valence-electron chi connectivity index (χ3n) is 7.01. The molecule has 180 valence electrons. The van der Waals surface area contributed by atoms with Crippen LogP contribution < -0.4 is 0 Å². The van der Waals surface area contributed by atoms with E-state index in [0.29, 0.717) is 57.0 Å². The van der Waals surface area contributed by atoms with Gasteiger partial charge in [-0.15, -0.1) is 0 Å². The van der Waals surface area contributed by atoms with Gasteiger partial charge in [0.25, 0.3) is 0 Å². The highest BCUT2D eigenvalue weighted by Crippen LogP contribution is 2.31. The fourth-order valence-electron chi connectivity index (χ4n) is 4.67. The molecule has 0 N–H and O–H groups in total. The maximum atomic E-state index is 13.4. The van der Waals surface area contributed by atoms with Crippen LogP contribution in [0.2, 0.25) is 0 Å². The molecule has 0 aromatic heterocycles. The van der Waals surface area contributed by atoms with Crippen LogP contribution in [0.25, 0.3) is 0 Å². The van der Waals surface area contributed by atoms with Crippen molar-refractivity contribution in [3.05, 3.63) is 28.3 Å². The van der Waals surface area contributed by atoms with Gasteiger partial charge in [-0.2, -0.15) is 8.61 Å². The molecule has 3 rings (SSSR count). The molecular weight excluding hydrogens is 450 g/mol. The van der Waals surface area contributed by atoms with E-state index in [1.807, 2.05) is 33.8 Å². The minimum atomic E-state index is -3.63. The Labute approximate surface area is 192 Å². The fourth-order valence-corrected chi connectivity index (χ4v) is 7.80. The molecule has 2 aliphatic heterocycles. The molecular formula is C22H35N3O5S2. The third-order valence-corrected chi connectivity index (χ3v) is 11.1. The molecule has 1 amide bonds. The van der Waals surface area contributed by atoms with Gasteiger partial charge in [0, 0.05) is 45.2 Å². The van der Waals surface area contributed by atoms with Crippen LogP contribution >= 0.6 is 0 Å². The lowest BCUT2D eigenvalue weighted by Crippen LogP contribution is -2.53. The van der Waals surface area contributed by atoms with E-state index in [9.17, 15) is 21.6 Å². The minimum Gasteiger partial charge on any atom is -0.340 e. The molecule has 2 saturated heterocycles. The molecule has 1 aromatic rings. The predicted molar refractivity (Wildman–Crippen MR) is 124 cm³/mol. The quantitative estimate of drug-likeness (QED) is 0.634. The van der Waals surface area contributed by atoms with Crippen molar-refractivity contribution in [1.82, 2.24) is 13.5 Å². The zero-order chi connectivity index (χ0) is 23.8. The molecule has 0 saturated carbocycles. The van der Waals surface area contributed by atoms with Gasteiger partial charge in [0.2, 0.25) is 26.0 Å². The summed E-state index contributed by atoms with van der Waals surface area (Å²) in [5.41, 5.74) is 3.49. The summed E-state index contributed by atoms with van der Waals surface area (Å²) in [6, 6.07) is 2.01. The first kappa shape index (κ1) is 25.1. The van der Waals surface area contributed by atoms with Crippen molar-refractivity contribution in [3.63, 3.8) is 0 Å². The average Bonchev–Trinajstić information content (AvgIpc) is 2.77. The van der Waals surface area contributed by atoms with Crippen molar-refractivity contribution >= 4 is 26.0 Å². The van der Waals surface area contributed by atoms with Crippen molar-refractivity contribution in [2.45, 2.75) is 52.4 Å². The summed E-state index contributed by atoms with van der Waals surface area (Å²) in [4.78, 5) is 15.1. The highest BCUT2D eigenvalue weighted by molar-refractivity contribution is 7.89. The maximum Gasteiger partial charge on any atom is 0.243 e. The first-order valence-corrected chi connectivity index (χ1v) is 14.3. The summed E-state index contributed by atoms with van der Waals surface area (Å²) < 4.78 is 53.9. The normalized spacial score (nSPS) is 20.0. The van der Waals surface area contributed by atoms with Gasteiger partial charge in [0.05, 0.1) is 10.6 Å². The monoisotopic (exact) mass is 485 g/mol. The molecule has 2 aliphatic rings. The van der Waals surface area contributed by atoms with E-state index in [2.05, 4.69) is 0 Å². The molecule has 2 heterocycles. The first-order chi connectivity index (χ1) is 14.9. The van der Waals surface area contributed by atoms with Crippen molar-refractivity contribution in [2.75, 3.05) is 45.0 Å². The lowest BCUT2D eigenvalue weighted by molar-refractivity contribution is -0.137. The van der Waals surface area contributed by atoms with E-state index in [1.165, 1.54) is 8.61 Å². The Bertz CT molecular complexity index is 1060. The van der Waals surface area contributed by atoms with Crippen LogP contribution in [0.4, 0.5) is 0 Å². The van der Waals surface area contributed by atoms with Crippen molar-refractivity contribution in [1.29, 1.82) is 0 Å². The number of carbonyl (C=O) groups is 1. The number of piperazine rings is 1. The molecule has 0 unspecified atom stereocenters. The second-order valence-corrected chi connectivity index (χ2v) is 13.0. The van der Waals surface area contributed by atoms with E-state index in [4.69, 9.17) is 0 Å². The van der Waals surface area contributed by atoms with Crippen molar-refractivity contribution < 1.29 is 21.6 Å². The number of hydrogen-bond acceptors (Lipinski definition) is 5. The Morgan fingerprint density at radius 3 is 1.81 bits per heavy atom. The third kappa shape index (κ3) is 4.73. The second-order valence-electron chi connectivity index (χ2n) is 8.89. The zero-order valence-corrected chi connectivity index (χ0v) is 21.4. The number of amides is 1. The average molecular weight is 486 g/mol. The van der Waals surface area contributed by atoms with Gasteiger partial charge in [0.1, 0.15) is 0 Å². The number of hydrogen-bond donors (Lipinski definition) is 0. The second kappa shape index (κ2) is 9.40. The lowest BCUT2D eigenvalue weighted by Gasteiger charge is -2.38. The maximum absolute atomic E-state index is 13.4. The molecule has 32 heavy (non-hydrogen) atoms. The number of sulfonamides is 2. The van der Waals surface area contributed by atoms with Crippen LogP contribution in [0.15, 0.2) is 11.0 Å². The Morgan fingerprint density at radius 2 is 1.34 bits per heavy atom. The lowest BCUT2D eigenvalue weighted by atomic mass is 9.96. The molecule has 1 aromatic carbocycles. The molecule has 0 atom stereocenters. The number of nitrogens with zero attached hydrogens (tertiary/aromatic N) is 3. The van der Waals surface area contributed by atoms with Gasteiger partial charge in [-0.05, 0) is 69.7 Å². The van der Waals surface area contributed by atoms with E-state index in [0.717, 1.165) is 22.3 Å². The van der Waals surface area contributed by atoms with Crippen LogP contribution in [-0.4, -0.2) is 81.3 Å². The highest BCUT2D eigenvalue weighted by atomic mass is 32.2. The Hall–Kier alpha value is -1.49. The molecule has 2 fully saturated rings. The number of piperidine rings is 1. The molecule has 8 nitrogen and oxygen atoms in total. The Kier molecular flexibility index (Phi) is 7.39. The van der Waals surface area contributed by atoms with Crippen LogP contribution in [0, 0.1) is 33.6 Å². The van der Waals surface area contributed by atoms with E-state index in [-0.39, 0.29) is 17.6 Å². The van der Waals surface area contributed by atoms with Crippen LogP contribution in [-0.2, 0) is 24.8 Å².